The largest absolute Gasteiger partial charge is 0.444 e. The predicted octanol–water partition coefficient (Wildman–Crippen LogP) is 1.76. The molecular formula is C16H32N2O4. The highest BCUT2D eigenvalue weighted by Crippen LogP contribution is 2.20. The number of hydrogen-bond donors (Lipinski definition) is 2. The fourth-order valence-electron chi connectivity index (χ4n) is 2.59. The lowest BCUT2D eigenvalue weighted by atomic mass is 10.0. The van der Waals surface area contributed by atoms with Gasteiger partial charge in [0, 0.05) is 26.2 Å². The number of methoxy groups -OCH3 is 1. The van der Waals surface area contributed by atoms with Crippen LogP contribution in [0.4, 0.5) is 4.79 Å². The first-order chi connectivity index (χ1) is 10.3. The van der Waals surface area contributed by atoms with Gasteiger partial charge in [-0.2, -0.15) is 0 Å². The summed E-state index contributed by atoms with van der Waals surface area (Å²) in [5, 5.41) is 12.9. The first kappa shape index (κ1) is 19.2. The molecule has 6 heteroatoms. The van der Waals surface area contributed by atoms with E-state index < -0.39 is 11.7 Å². The van der Waals surface area contributed by atoms with E-state index in [2.05, 4.69) is 5.32 Å². The minimum absolute atomic E-state index is 0.170. The molecule has 130 valence electrons. The Morgan fingerprint density at radius 1 is 1.41 bits per heavy atom. The Balaban J connectivity index is 2.37. The molecule has 0 saturated carbocycles. The van der Waals surface area contributed by atoms with Crippen LogP contribution >= 0.6 is 0 Å². The number of nitrogens with one attached hydrogen (secondary N) is 1. The number of piperidine rings is 1. The first-order valence-corrected chi connectivity index (χ1v) is 8.21. The molecule has 1 aliphatic rings. The third-order valence-electron chi connectivity index (χ3n) is 3.65. The number of carbonyl (C=O) groups excluding carboxylic acids is 1. The molecule has 0 aromatic rings. The van der Waals surface area contributed by atoms with Gasteiger partial charge in [-0.1, -0.05) is 0 Å². The zero-order chi connectivity index (χ0) is 16.6. The molecule has 1 heterocycles. The molecule has 1 aliphatic heterocycles. The number of hydrogen-bond acceptors (Lipinski definition) is 5. The van der Waals surface area contributed by atoms with Gasteiger partial charge >= 0.3 is 6.09 Å². The minimum Gasteiger partial charge on any atom is -0.444 e. The third-order valence-corrected chi connectivity index (χ3v) is 3.65. The lowest BCUT2D eigenvalue weighted by Crippen LogP contribution is -2.50. The average Bonchev–Trinajstić information content (AvgIpc) is 2.42. The average molecular weight is 316 g/mol. The highest BCUT2D eigenvalue weighted by atomic mass is 16.6. The van der Waals surface area contributed by atoms with Gasteiger partial charge in [0.05, 0.1) is 12.7 Å². The highest BCUT2D eigenvalue weighted by Gasteiger charge is 2.30. The second-order valence-corrected chi connectivity index (χ2v) is 6.93. The van der Waals surface area contributed by atoms with Crippen molar-refractivity contribution in [3.05, 3.63) is 0 Å². The monoisotopic (exact) mass is 316 g/mol. The summed E-state index contributed by atoms with van der Waals surface area (Å²) >= 11 is 0. The van der Waals surface area contributed by atoms with Gasteiger partial charge in [-0.25, -0.2) is 4.79 Å². The van der Waals surface area contributed by atoms with Gasteiger partial charge in [-0.15, -0.1) is 0 Å². The second-order valence-electron chi connectivity index (χ2n) is 6.93. The number of likely N-dealkylation sites (tertiary alicyclic amines) is 1. The van der Waals surface area contributed by atoms with Gasteiger partial charge in [0.2, 0.25) is 0 Å². The van der Waals surface area contributed by atoms with Gasteiger partial charge < -0.3 is 24.8 Å². The van der Waals surface area contributed by atoms with E-state index in [-0.39, 0.29) is 12.1 Å². The van der Waals surface area contributed by atoms with Crippen molar-refractivity contribution in [3.63, 3.8) is 0 Å². The molecular weight excluding hydrogens is 284 g/mol. The van der Waals surface area contributed by atoms with Crippen LogP contribution < -0.4 is 5.32 Å². The molecule has 0 aromatic heterocycles. The second kappa shape index (κ2) is 9.33. The normalized spacial score (nSPS) is 20.8. The van der Waals surface area contributed by atoms with Crippen LogP contribution in [0.5, 0.6) is 0 Å². The maximum atomic E-state index is 12.3. The third kappa shape index (κ3) is 7.42. The number of aliphatic hydroxyl groups is 1. The fourth-order valence-corrected chi connectivity index (χ4v) is 2.59. The minimum atomic E-state index is -0.462. The lowest BCUT2D eigenvalue weighted by Gasteiger charge is -2.37. The summed E-state index contributed by atoms with van der Waals surface area (Å²) < 4.78 is 10.4. The van der Waals surface area contributed by atoms with Crippen LogP contribution in [-0.4, -0.2) is 67.2 Å². The van der Waals surface area contributed by atoms with Crippen LogP contribution in [0.3, 0.4) is 0 Å². The summed E-state index contributed by atoms with van der Waals surface area (Å²) in [5.41, 5.74) is -0.462. The molecule has 2 unspecified atom stereocenters. The number of ether oxygens (including phenoxy) is 2. The molecule has 2 atom stereocenters. The van der Waals surface area contributed by atoms with Crippen molar-refractivity contribution in [3.8, 4) is 0 Å². The maximum Gasteiger partial charge on any atom is 0.410 e. The van der Waals surface area contributed by atoms with Crippen LogP contribution in [-0.2, 0) is 9.47 Å². The number of rotatable bonds is 7. The van der Waals surface area contributed by atoms with Crippen molar-refractivity contribution >= 4 is 6.09 Å². The van der Waals surface area contributed by atoms with E-state index in [1.165, 1.54) is 0 Å². The van der Waals surface area contributed by atoms with E-state index in [0.717, 1.165) is 32.4 Å². The summed E-state index contributed by atoms with van der Waals surface area (Å²) in [5.74, 6) is 0. The van der Waals surface area contributed by atoms with Crippen molar-refractivity contribution in [2.24, 2.45) is 0 Å². The molecule has 1 rings (SSSR count). The summed E-state index contributed by atoms with van der Waals surface area (Å²) in [6.07, 6.45) is 3.14. The number of carbonyl (C=O) groups is 1. The molecule has 2 N–H and O–H groups in total. The van der Waals surface area contributed by atoms with E-state index in [9.17, 15) is 9.90 Å². The molecule has 0 radical (unpaired) electrons. The van der Waals surface area contributed by atoms with Crippen LogP contribution in [0.2, 0.25) is 0 Å². The fraction of sp³-hybridized carbons (Fsp3) is 0.938. The van der Waals surface area contributed by atoms with Crippen molar-refractivity contribution in [1.82, 2.24) is 10.2 Å². The molecule has 6 nitrogen and oxygen atoms in total. The zero-order valence-electron chi connectivity index (χ0n) is 14.4. The molecule has 0 bridgehead atoms. The lowest BCUT2D eigenvalue weighted by molar-refractivity contribution is 0.00969. The number of aliphatic hydroxyl groups excluding tert-OH is 1. The Morgan fingerprint density at radius 3 is 2.77 bits per heavy atom. The van der Waals surface area contributed by atoms with Gasteiger partial charge in [-0.05, 0) is 53.0 Å². The Bertz CT molecular complexity index is 331. The number of nitrogens with zero attached hydrogens (tertiary/aromatic N) is 1. The van der Waals surface area contributed by atoms with Gasteiger partial charge in [-0.3, -0.25) is 0 Å². The van der Waals surface area contributed by atoms with Gasteiger partial charge in [0.15, 0.2) is 0 Å². The van der Waals surface area contributed by atoms with Gasteiger partial charge in [0.1, 0.15) is 5.60 Å². The summed E-state index contributed by atoms with van der Waals surface area (Å²) in [6.45, 7) is 8.22. The van der Waals surface area contributed by atoms with Crippen molar-refractivity contribution in [1.29, 1.82) is 0 Å². The molecule has 1 amide bonds. The first-order valence-electron chi connectivity index (χ1n) is 8.21. The Labute approximate surface area is 134 Å². The van der Waals surface area contributed by atoms with Crippen molar-refractivity contribution < 1.29 is 19.4 Å². The van der Waals surface area contributed by atoms with Gasteiger partial charge in [0.25, 0.3) is 0 Å². The van der Waals surface area contributed by atoms with Crippen LogP contribution in [0, 0.1) is 0 Å². The predicted molar refractivity (Wildman–Crippen MR) is 85.9 cm³/mol. The zero-order valence-corrected chi connectivity index (χ0v) is 14.4. The Morgan fingerprint density at radius 2 is 2.14 bits per heavy atom. The molecule has 1 saturated heterocycles. The van der Waals surface area contributed by atoms with Crippen LogP contribution in [0.25, 0.3) is 0 Å². The van der Waals surface area contributed by atoms with E-state index in [1.807, 2.05) is 25.7 Å². The molecule has 1 fully saturated rings. The van der Waals surface area contributed by atoms with Crippen LogP contribution in [0.15, 0.2) is 0 Å². The smallest absolute Gasteiger partial charge is 0.410 e. The SMILES string of the molecule is COCC(O)CCNCC1CCCCN1C(=O)OC(C)(C)C. The Kier molecular flexibility index (Phi) is 8.14. The van der Waals surface area contributed by atoms with E-state index in [4.69, 9.17) is 9.47 Å². The Hall–Kier alpha value is -0.850. The molecule has 0 spiro atoms. The molecule has 22 heavy (non-hydrogen) atoms. The summed E-state index contributed by atoms with van der Waals surface area (Å²) in [4.78, 5) is 14.1. The van der Waals surface area contributed by atoms with Crippen LogP contribution in [0.1, 0.15) is 46.5 Å². The van der Waals surface area contributed by atoms with E-state index >= 15 is 0 Å². The van der Waals surface area contributed by atoms with E-state index in [0.29, 0.717) is 19.6 Å². The summed E-state index contributed by atoms with van der Waals surface area (Å²) in [6, 6.07) is 0.170. The summed E-state index contributed by atoms with van der Waals surface area (Å²) in [7, 11) is 1.58. The highest BCUT2D eigenvalue weighted by molar-refractivity contribution is 5.68. The van der Waals surface area contributed by atoms with E-state index in [1.54, 1.807) is 7.11 Å². The number of amides is 1. The standard InChI is InChI=1S/C16H32N2O4/c1-16(2,3)22-15(20)18-10-6-5-7-13(18)11-17-9-8-14(19)12-21-4/h13-14,17,19H,5-12H2,1-4H3. The quantitative estimate of drug-likeness (QED) is 0.700. The molecule has 0 aliphatic carbocycles. The maximum absolute atomic E-state index is 12.3. The topological polar surface area (TPSA) is 71.0 Å². The van der Waals surface area contributed by atoms with Crippen molar-refractivity contribution in [2.75, 3.05) is 33.4 Å². The molecule has 0 aromatic carbocycles. The van der Waals surface area contributed by atoms with Crippen molar-refractivity contribution in [2.45, 2.75) is 64.2 Å².